The Balaban J connectivity index is 1.49. The fourth-order valence-corrected chi connectivity index (χ4v) is 5.16. The van der Waals surface area contributed by atoms with Crippen LogP contribution in [0.2, 0.25) is 0 Å². The summed E-state index contributed by atoms with van der Waals surface area (Å²) in [5.74, 6) is -0.0352. The summed E-state index contributed by atoms with van der Waals surface area (Å²) in [5, 5.41) is 2.95. The second-order valence-corrected chi connectivity index (χ2v) is 9.76. The molecule has 35 heavy (non-hydrogen) atoms. The highest BCUT2D eigenvalue weighted by atomic mass is 16.2. The highest BCUT2D eigenvalue weighted by Crippen LogP contribution is 2.29. The van der Waals surface area contributed by atoms with Crippen molar-refractivity contribution in [1.29, 1.82) is 0 Å². The predicted molar refractivity (Wildman–Crippen MR) is 135 cm³/mol. The summed E-state index contributed by atoms with van der Waals surface area (Å²) in [7, 11) is 0. The normalized spacial score (nSPS) is 18.2. The van der Waals surface area contributed by atoms with Gasteiger partial charge in [0.15, 0.2) is 6.17 Å². The molecular weight excluding hydrogens is 440 g/mol. The number of benzene rings is 2. The number of hydrogen-bond donors (Lipinski definition) is 2. The number of hydrogen-bond acceptors (Lipinski definition) is 4. The van der Waals surface area contributed by atoms with Gasteiger partial charge in [-0.25, -0.2) is 0 Å². The zero-order valence-electron chi connectivity index (χ0n) is 20.5. The van der Waals surface area contributed by atoms with Gasteiger partial charge in [-0.05, 0) is 42.5 Å². The summed E-state index contributed by atoms with van der Waals surface area (Å²) in [6.07, 6.45) is 5.14. The molecule has 0 spiro atoms. The fourth-order valence-electron chi connectivity index (χ4n) is 5.16. The van der Waals surface area contributed by atoms with Gasteiger partial charge < -0.3 is 20.9 Å². The SMILES string of the molecule is Cc1ccc(C(=O)N2CCN(C(=O)CCC3CCCC3)C2C(=O)NCc2cccc(CN)c2)cc1. The third kappa shape index (κ3) is 6.09. The fraction of sp³-hybridized carbons (Fsp3) is 0.464. The highest BCUT2D eigenvalue weighted by Gasteiger charge is 2.42. The number of carbonyl (C=O) groups excluding carboxylic acids is 3. The Morgan fingerprint density at radius 3 is 2.37 bits per heavy atom. The topological polar surface area (TPSA) is 95.7 Å². The minimum atomic E-state index is -0.947. The Hall–Kier alpha value is -3.19. The average Bonchev–Trinajstić information content (AvgIpc) is 3.56. The lowest BCUT2D eigenvalue weighted by Crippen LogP contribution is -2.53. The third-order valence-corrected chi connectivity index (χ3v) is 7.22. The van der Waals surface area contributed by atoms with Crippen LogP contribution in [0.3, 0.4) is 0 Å². The number of amides is 3. The molecule has 186 valence electrons. The Morgan fingerprint density at radius 1 is 0.971 bits per heavy atom. The lowest BCUT2D eigenvalue weighted by Gasteiger charge is -2.29. The molecule has 3 amide bonds. The monoisotopic (exact) mass is 476 g/mol. The number of nitrogens with one attached hydrogen (secondary N) is 1. The standard InChI is InChI=1S/C28H36N4O3/c1-20-9-12-24(13-10-20)28(35)32-16-15-31(25(33)14-11-21-5-2-3-6-21)27(32)26(34)30-19-23-8-4-7-22(17-23)18-29/h4,7-10,12-13,17,21,27H,2-3,5-6,11,14-16,18-19,29H2,1H3,(H,30,34). The smallest absolute Gasteiger partial charge is 0.264 e. The van der Waals surface area contributed by atoms with Gasteiger partial charge in [-0.3, -0.25) is 14.4 Å². The Kier molecular flexibility index (Phi) is 8.18. The van der Waals surface area contributed by atoms with E-state index in [2.05, 4.69) is 5.32 Å². The zero-order valence-corrected chi connectivity index (χ0v) is 20.5. The lowest BCUT2D eigenvalue weighted by molar-refractivity contribution is -0.141. The van der Waals surface area contributed by atoms with Crippen LogP contribution < -0.4 is 11.1 Å². The molecule has 1 aliphatic carbocycles. The van der Waals surface area contributed by atoms with E-state index in [1.165, 1.54) is 30.6 Å². The van der Waals surface area contributed by atoms with Crippen LogP contribution in [0.25, 0.3) is 0 Å². The zero-order chi connectivity index (χ0) is 24.8. The van der Waals surface area contributed by atoms with Crippen molar-refractivity contribution >= 4 is 17.7 Å². The second-order valence-electron chi connectivity index (χ2n) is 9.76. The van der Waals surface area contributed by atoms with Crippen LogP contribution in [-0.4, -0.2) is 46.8 Å². The largest absolute Gasteiger partial charge is 0.349 e. The van der Waals surface area contributed by atoms with Crippen molar-refractivity contribution in [3.63, 3.8) is 0 Å². The first-order valence-corrected chi connectivity index (χ1v) is 12.7. The first-order chi connectivity index (χ1) is 17.0. The predicted octanol–water partition coefficient (Wildman–Crippen LogP) is 3.35. The number of carbonyl (C=O) groups is 3. The van der Waals surface area contributed by atoms with E-state index in [1.54, 1.807) is 17.0 Å². The van der Waals surface area contributed by atoms with E-state index < -0.39 is 6.17 Å². The number of nitrogens with two attached hydrogens (primary N) is 1. The van der Waals surface area contributed by atoms with E-state index >= 15 is 0 Å². The minimum Gasteiger partial charge on any atom is -0.349 e. The van der Waals surface area contributed by atoms with Crippen LogP contribution in [0, 0.1) is 12.8 Å². The van der Waals surface area contributed by atoms with Gasteiger partial charge in [0.2, 0.25) is 5.91 Å². The van der Waals surface area contributed by atoms with Crippen molar-refractivity contribution in [3.8, 4) is 0 Å². The minimum absolute atomic E-state index is 0.0543. The summed E-state index contributed by atoms with van der Waals surface area (Å²) in [4.78, 5) is 43.1. The van der Waals surface area contributed by atoms with Crippen molar-refractivity contribution in [1.82, 2.24) is 15.1 Å². The maximum absolute atomic E-state index is 13.4. The van der Waals surface area contributed by atoms with Crippen LogP contribution in [0.15, 0.2) is 48.5 Å². The molecule has 1 atom stereocenters. The van der Waals surface area contributed by atoms with Crippen LogP contribution in [0.4, 0.5) is 0 Å². The van der Waals surface area contributed by atoms with Crippen molar-refractivity contribution < 1.29 is 14.4 Å². The van der Waals surface area contributed by atoms with E-state index in [0.717, 1.165) is 23.1 Å². The van der Waals surface area contributed by atoms with Gasteiger partial charge in [0, 0.05) is 38.2 Å². The van der Waals surface area contributed by atoms with Gasteiger partial charge in [-0.2, -0.15) is 0 Å². The Morgan fingerprint density at radius 2 is 1.66 bits per heavy atom. The molecule has 2 aromatic carbocycles. The van der Waals surface area contributed by atoms with Crippen LogP contribution in [-0.2, 0) is 22.7 Å². The molecule has 4 rings (SSSR count). The summed E-state index contributed by atoms with van der Waals surface area (Å²) < 4.78 is 0. The van der Waals surface area contributed by atoms with Gasteiger partial charge in [0.05, 0.1) is 0 Å². The van der Waals surface area contributed by atoms with Crippen molar-refractivity contribution in [2.45, 2.75) is 64.7 Å². The van der Waals surface area contributed by atoms with Gasteiger partial charge in [-0.15, -0.1) is 0 Å². The molecule has 2 aromatic rings. The lowest BCUT2D eigenvalue weighted by atomic mass is 10.0. The first-order valence-electron chi connectivity index (χ1n) is 12.7. The molecule has 0 bridgehead atoms. The number of nitrogens with zero attached hydrogens (tertiary/aromatic N) is 2. The molecule has 0 aromatic heterocycles. The van der Waals surface area contributed by atoms with Crippen LogP contribution in [0.5, 0.6) is 0 Å². The van der Waals surface area contributed by atoms with Gasteiger partial charge in [0.1, 0.15) is 0 Å². The van der Waals surface area contributed by atoms with Gasteiger partial charge in [-0.1, -0.05) is 67.6 Å². The van der Waals surface area contributed by atoms with Crippen LogP contribution >= 0.6 is 0 Å². The molecule has 1 saturated carbocycles. The molecule has 1 unspecified atom stereocenters. The number of rotatable bonds is 8. The first kappa shape index (κ1) is 24.9. The maximum Gasteiger partial charge on any atom is 0.264 e. The molecular formula is C28H36N4O3. The van der Waals surface area contributed by atoms with Crippen molar-refractivity contribution in [2.75, 3.05) is 13.1 Å². The molecule has 1 heterocycles. The van der Waals surface area contributed by atoms with E-state index in [4.69, 9.17) is 5.73 Å². The van der Waals surface area contributed by atoms with E-state index in [1.807, 2.05) is 43.3 Å². The highest BCUT2D eigenvalue weighted by molar-refractivity contribution is 5.99. The maximum atomic E-state index is 13.4. The summed E-state index contributed by atoms with van der Waals surface area (Å²) in [6, 6.07) is 15.0. The number of aryl methyl sites for hydroxylation is 1. The van der Waals surface area contributed by atoms with E-state index in [9.17, 15) is 14.4 Å². The average molecular weight is 477 g/mol. The molecule has 7 heteroatoms. The second kappa shape index (κ2) is 11.5. The van der Waals surface area contributed by atoms with Gasteiger partial charge >= 0.3 is 0 Å². The molecule has 2 aliphatic rings. The van der Waals surface area contributed by atoms with E-state index in [0.29, 0.717) is 44.1 Å². The van der Waals surface area contributed by atoms with Crippen LogP contribution in [0.1, 0.15) is 65.6 Å². The Bertz CT molecular complexity index is 1050. The molecule has 1 aliphatic heterocycles. The van der Waals surface area contributed by atoms with E-state index in [-0.39, 0.29) is 17.7 Å². The van der Waals surface area contributed by atoms with Gasteiger partial charge in [0.25, 0.3) is 11.8 Å². The quantitative estimate of drug-likeness (QED) is 0.611. The molecule has 1 saturated heterocycles. The Labute approximate surface area is 207 Å². The summed E-state index contributed by atoms with van der Waals surface area (Å²) in [6.45, 7) is 3.39. The summed E-state index contributed by atoms with van der Waals surface area (Å²) in [5.41, 5.74) is 9.22. The molecule has 7 nitrogen and oxygen atoms in total. The van der Waals surface area contributed by atoms with Crippen molar-refractivity contribution in [2.24, 2.45) is 11.7 Å². The molecule has 3 N–H and O–H groups in total. The van der Waals surface area contributed by atoms with Crippen molar-refractivity contribution in [3.05, 3.63) is 70.8 Å². The molecule has 0 radical (unpaired) electrons. The molecule has 2 fully saturated rings. The third-order valence-electron chi connectivity index (χ3n) is 7.22. The summed E-state index contributed by atoms with van der Waals surface area (Å²) >= 11 is 0.